The molecule has 0 saturated heterocycles. The maximum absolute atomic E-state index is 12.1. The molecule has 1 aromatic carbocycles. The predicted molar refractivity (Wildman–Crippen MR) is 127 cm³/mol. The molecule has 4 nitrogen and oxygen atoms in total. The summed E-state index contributed by atoms with van der Waals surface area (Å²) in [5.74, 6) is 1.75. The molecule has 0 saturated carbocycles. The van der Waals surface area contributed by atoms with E-state index in [0.717, 1.165) is 36.3 Å². The van der Waals surface area contributed by atoms with Crippen LogP contribution in [0.5, 0.6) is 11.5 Å². The number of unbranched alkanes of at least 4 members (excludes halogenated alkanes) is 7. The van der Waals surface area contributed by atoms with E-state index in [9.17, 15) is 4.79 Å². The zero-order chi connectivity index (χ0) is 22.3. The lowest BCUT2D eigenvalue weighted by Crippen LogP contribution is -2.07. The Labute approximate surface area is 188 Å². The molecule has 0 aliphatic rings. The highest BCUT2D eigenvalue weighted by Crippen LogP contribution is 2.23. The summed E-state index contributed by atoms with van der Waals surface area (Å²) in [4.78, 5) is 16.6. The van der Waals surface area contributed by atoms with Gasteiger partial charge >= 0.3 is 5.97 Å². The third kappa shape index (κ3) is 9.99. The number of esters is 1. The minimum Gasteiger partial charge on any atom is -0.492 e. The summed E-state index contributed by atoms with van der Waals surface area (Å²) in [6, 6.07) is 11.4. The SMILES string of the molecule is CCCCCCCCCCC(=O)Oc1ccc(-c2ccc(OCC(C)CC)cn2)cc1. The summed E-state index contributed by atoms with van der Waals surface area (Å²) in [5.41, 5.74) is 1.85. The highest BCUT2D eigenvalue weighted by atomic mass is 16.5. The number of carbonyl (C=O) groups excluding carboxylic acids is 1. The maximum atomic E-state index is 12.1. The lowest BCUT2D eigenvalue weighted by molar-refractivity contribution is -0.134. The van der Waals surface area contributed by atoms with Crippen LogP contribution in [0, 0.1) is 5.92 Å². The van der Waals surface area contributed by atoms with E-state index in [1.165, 1.54) is 38.5 Å². The van der Waals surface area contributed by atoms with E-state index >= 15 is 0 Å². The highest BCUT2D eigenvalue weighted by molar-refractivity contribution is 5.72. The molecular formula is C27H39NO3. The number of ether oxygens (including phenoxy) is 2. The molecule has 31 heavy (non-hydrogen) atoms. The lowest BCUT2D eigenvalue weighted by Gasteiger charge is -2.11. The molecule has 0 spiro atoms. The van der Waals surface area contributed by atoms with E-state index in [0.29, 0.717) is 24.7 Å². The molecule has 0 amide bonds. The smallest absolute Gasteiger partial charge is 0.311 e. The van der Waals surface area contributed by atoms with E-state index in [1.807, 2.05) is 36.4 Å². The standard InChI is InChI=1S/C27H39NO3/c1-4-6-7-8-9-10-11-12-13-27(29)31-24-16-14-23(15-17-24)26-19-18-25(20-28-26)30-21-22(3)5-2/h14-20,22H,4-13,21H2,1-3H3. The molecule has 1 heterocycles. The van der Waals surface area contributed by atoms with Crippen molar-refractivity contribution in [1.29, 1.82) is 0 Å². The Balaban J connectivity index is 1.70. The van der Waals surface area contributed by atoms with Crippen molar-refractivity contribution in [3.63, 3.8) is 0 Å². The van der Waals surface area contributed by atoms with E-state index in [2.05, 4.69) is 25.8 Å². The predicted octanol–water partition coefficient (Wildman–Crippen LogP) is 7.61. The summed E-state index contributed by atoms with van der Waals surface area (Å²) in [6.07, 6.45) is 13.1. The Kier molecular flexibility index (Phi) is 11.7. The van der Waals surface area contributed by atoms with Gasteiger partial charge in [0.05, 0.1) is 18.5 Å². The summed E-state index contributed by atoms with van der Waals surface area (Å²) in [7, 11) is 0. The minimum absolute atomic E-state index is 0.153. The van der Waals surface area contributed by atoms with Crippen molar-refractivity contribution in [2.75, 3.05) is 6.61 Å². The fraction of sp³-hybridized carbons (Fsp3) is 0.556. The number of benzene rings is 1. The first-order chi connectivity index (χ1) is 15.1. The van der Waals surface area contributed by atoms with E-state index in [-0.39, 0.29) is 5.97 Å². The number of pyridine rings is 1. The van der Waals surface area contributed by atoms with Gasteiger partial charge in [-0.2, -0.15) is 0 Å². The van der Waals surface area contributed by atoms with Crippen molar-refractivity contribution in [1.82, 2.24) is 4.98 Å². The van der Waals surface area contributed by atoms with Crippen LogP contribution >= 0.6 is 0 Å². The van der Waals surface area contributed by atoms with Crippen molar-refractivity contribution in [2.24, 2.45) is 5.92 Å². The Morgan fingerprint density at radius 1 is 0.871 bits per heavy atom. The van der Waals surface area contributed by atoms with Crippen molar-refractivity contribution < 1.29 is 14.3 Å². The normalized spacial score (nSPS) is 11.8. The van der Waals surface area contributed by atoms with Crippen molar-refractivity contribution >= 4 is 5.97 Å². The van der Waals surface area contributed by atoms with Gasteiger partial charge in [-0.15, -0.1) is 0 Å². The van der Waals surface area contributed by atoms with Crippen molar-refractivity contribution in [2.45, 2.75) is 85.0 Å². The van der Waals surface area contributed by atoms with Crippen LogP contribution in [-0.4, -0.2) is 17.6 Å². The van der Waals surface area contributed by atoms with Gasteiger partial charge in [-0.25, -0.2) is 0 Å². The van der Waals surface area contributed by atoms with Crippen LogP contribution in [0.25, 0.3) is 11.3 Å². The molecule has 1 unspecified atom stereocenters. The molecule has 0 radical (unpaired) electrons. The van der Waals surface area contributed by atoms with Crippen LogP contribution in [0.4, 0.5) is 0 Å². The number of hydrogen-bond acceptors (Lipinski definition) is 4. The second-order valence-electron chi connectivity index (χ2n) is 8.43. The van der Waals surface area contributed by atoms with Gasteiger partial charge in [0, 0.05) is 12.0 Å². The van der Waals surface area contributed by atoms with Crippen molar-refractivity contribution in [3.8, 4) is 22.8 Å². The molecule has 4 heteroatoms. The third-order valence-electron chi connectivity index (χ3n) is 5.58. The number of aromatic nitrogens is 1. The van der Waals surface area contributed by atoms with E-state index < -0.39 is 0 Å². The second kappa shape index (κ2) is 14.6. The number of rotatable bonds is 15. The molecule has 0 N–H and O–H groups in total. The first-order valence-electron chi connectivity index (χ1n) is 12.0. The molecule has 2 aromatic rings. The molecular weight excluding hydrogens is 386 g/mol. The first kappa shape index (κ1) is 24.9. The monoisotopic (exact) mass is 425 g/mol. The fourth-order valence-corrected chi connectivity index (χ4v) is 3.27. The molecule has 2 rings (SSSR count). The zero-order valence-electron chi connectivity index (χ0n) is 19.6. The third-order valence-corrected chi connectivity index (χ3v) is 5.58. The fourth-order valence-electron chi connectivity index (χ4n) is 3.27. The largest absolute Gasteiger partial charge is 0.492 e. The van der Waals surface area contributed by atoms with Crippen LogP contribution in [0.15, 0.2) is 42.6 Å². The van der Waals surface area contributed by atoms with Crippen molar-refractivity contribution in [3.05, 3.63) is 42.6 Å². The Bertz CT molecular complexity index is 740. The van der Waals surface area contributed by atoms with E-state index in [1.54, 1.807) is 6.20 Å². The molecule has 1 atom stereocenters. The van der Waals surface area contributed by atoms with Gasteiger partial charge in [0.15, 0.2) is 0 Å². The van der Waals surface area contributed by atoms with Gasteiger partial charge < -0.3 is 9.47 Å². The lowest BCUT2D eigenvalue weighted by atomic mass is 10.1. The maximum Gasteiger partial charge on any atom is 0.311 e. The van der Waals surface area contributed by atoms with Crippen LogP contribution in [0.3, 0.4) is 0 Å². The molecule has 1 aromatic heterocycles. The molecule has 170 valence electrons. The van der Waals surface area contributed by atoms with Gasteiger partial charge in [-0.3, -0.25) is 9.78 Å². The Morgan fingerprint density at radius 3 is 2.13 bits per heavy atom. The number of hydrogen-bond donors (Lipinski definition) is 0. The van der Waals surface area contributed by atoms with Gasteiger partial charge in [0.2, 0.25) is 0 Å². The Hall–Kier alpha value is -2.36. The van der Waals surface area contributed by atoms with Gasteiger partial charge in [-0.05, 0) is 48.7 Å². The Morgan fingerprint density at radius 2 is 1.52 bits per heavy atom. The summed E-state index contributed by atoms with van der Waals surface area (Å²) in [6.45, 7) is 7.27. The molecule has 0 aliphatic heterocycles. The van der Waals surface area contributed by atoms with Crippen LogP contribution in [-0.2, 0) is 4.79 Å². The van der Waals surface area contributed by atoms with Gasteiger partial charge in [0.25, 0.3) is 0 Å². The first-order valence-corrected chi connectivity index (χ1v) is 12.0. The summed E-state index contributed by atoms with van der Waals surface area (Å²) >= 11 is 0. The molecule has 0 aliphatic carbocycles. The second-order valence-corrected chi connectivity index (χ2v) is 8.43. The number of carbonyl (C=O) groups is 1. The number of nitrogens with zero attached hydrogens (tertiary/aromatic N) is 1. The molecule has 0 bridgehead atoms. The summed E-state index contributed by atoms with van der Waals surface area (Å²) in [5, 5.41) is 0. The topological polar surface area (TPSA) is 48.4 Å². The average molecular weight is 426 g/mol. The summed E-state index contributed by atoms with van der Waals surface area (Å²) < 4.78 is 11.2. The zero-order valence-corrected chi connectivity index (χ0v) is 19.6. The van der Waals surface area contributed by atoms with Crippen LogP contribution in [0.2, 0.25) is 0 Å². The van der Waals surface area contributed by atoms with E-state index in [4.69, 9.17) is 9.47 Å². The quantitative estimate of drug-likeness (QED) is 0.167. The van der Waals surface area contributed by atoms with Gasteiger partial charge in [0.1, 0.15) is 11.5 Å². The average Bonchev–Trinajstić information content (AvgIpc) is 2.80. The van der Waals surface area contributed by atoms with Crippen LogP contribution < -0.4 is 9.47 Å². The highest BCUT2D eigenvalue weighted by Gasteiger charge is 2.07. The molecule has 0 fully saturated rings. The van der Waals surface area contributed by atoms with Crippen LogP contribution in [0.1, 0.15) is 85.0 Å². The van der Waals surface area contributed by atoms with Gasteiger partial charge in [-0.1, -0.05) is 72.1 Å². The minimum atomic E-state index is -0.153.